The van der Waals surface area contributed by atoms with Gasteiger partial charge in [-0.15, -0.1) is 10.2 Å². The second kappa shape index (κ2) is 6.38. The molecule has 8 heteroatoms. The topological polar surface area (TPSA) is 110 Å². The number of carboxylic acids is 1. The SMILES string of the molecule is CC(C)c1nnc2n1CC(NC(=O)c1ccc(C(=O)O)nc1)CC2. The summed E-state index contributed by atoms with van der Waals surface area (Å²) >= 11 is 0. The lowest BCUT2D eigenvalue weighted by atomic mass is 10.1. The van der Waals surface area contributed by atoms with E-state index in [1.54, 1.807) is 0 Å². The number of carbonyl (C=O) groups is 2. The van der Waals surface area contributed by atoms with Gasteiger partial charge in [0.05, 0.1) is 5.56 Å². The predicted molar refractivity (Wildman–Crippen MR) is 84.9 cm³/mol. The van der Waals surface area contributed by atoms with Crippen molar-refractivity contribution in [3.05, 3.63) is 41.2 Å². The number of aryl methyl sites for hydroxylation is 1. The first-order valence-corrected chi connectivity index (χ1v) is 7.88. The maximum atomic E-state index is 12.3. The third-order valence-corrected chi connectivity index (χ3v) is 4.07. The molecule has 0 aliphatic carbocycles. The second-order valence-electron chi connectivity index (χ2n) is 6.19. The molecule has 24 heavy (non-hydrogen) atoms. The number of amides is 1. The van der Waals surface area contributed by atoms with Gasteiger partial charge in [0.1, 0.15) is 17.3 Å². The molecular weight excluding hydrogens is 310 g/mol. The van der Waals surface area contributed by atoms with Crippen LogP contribution in [-0.2, 0) is 13.0 Å². The zero-order valence-corrected chi connectivity index (χ0v) is 13.6. The van der Waals surface area contributed by atoms with Gasteiger partial charge in [0.2, 0.25) is 0 Å². The molecule has 0 saturated heterocycles. The highest BCUT2D eigenvalue weighted by molar-refractivity contribution is 5.95. The van der Waals surface area contributed by atoms with Crippen molar-refractivity contribution in [1.29, 1.82) is 0 Å². The molecule has 0 fully saturated rings. The smallest absolute Gasteiger partial charge is 0.354 e. The monoisotopic (exact) mass is 329 g/mol. The van der Waals surface area contributed by atoms with E-state index in [9.17, 15) is 9.59 Å². The van der Waals surface area contributed by atoms with E-state index in [1.807, 2.05) is 0 Å². The van der Waals surface area contributed by atoms with Crippen LogP contribution in [0.5, 0.6) is 0 Å². The van der Waals surface area contributed by atoms with Crippen molar-refractivity contribution in [2.75, 3.05) is 0 Å². The molecule has 2 aromatic rings. The lowest BCUT2D eigenvalue weighted by Gasteiger charge is -2.25. The van der Waals surface area contributed by atoms with Crippen LogP contribution < -0.4 is 5.32 Å². The first kappa shape index (κ1) is 16.1. The molecule has 0 bridgehead atoms. The molecule has 1 amide bonds. The van der Waals surface area contributed by atoms with Crippen LogP contribution in [0.2, 0.25) is 0 Å². The molecule has 8 nitrogen and oxygen atoms in total. The van der Waals surface area contributed by atoms with E-state index >= 15 is 0 Å². The normalized spacial score (nSPS) is 16.7. The summed E-state index contributed by atoms with van der Waals surface area (Å²) in [5, 5.41) is 20.3. The fraction of sp³-hybridized carbons (Fsp3) is 0.438. The summed E-state index contributed by atoms with van der Waals surface area (Å²) in [6, 6.07) is 2.78. The third kappa shape index (κ3) is 3.12. The molecule has 1 atom stereocenters. The first-order valence-electron chi connectivity index (χ1n) is 7.88. The van der Waals surface area contributed by atoms with Crippen molar-refractivity contribution in [2.45, 2.75) is 45.2 Å². The molecule has 3 heterocycles. The Balaban J connectivity index is 1.69. The van der Waals surface area contributed by atoms with Crippen LogP contribution in [0.1, 0.15) is 58.7 Å². The Morgan fingerprint density at radius 3 is 2.75 bits per heavy atom. The van der Waals surface area contributed by atoms with Crippen molar-refractivity contribution in [3.8, 4) is 0 Å². The molecule has 0 aromatic carbocycles. The Morgan fingerprint density at radius 1 is 1.33 bits per heavy atom. The van der Waals surface area contributed by atoms with Crippen LogP contribution in [0.3, 0.4) is 0 Å². The van der Waals surface area contributed by atoms with Crippen LogP contribution in [0.4, 0.5) is 0 Å². The molecule has 0 radical (unpaired) electrons. The van der Waals surface area contributed by atoms with Crippen LogP contribution in [0, 0.1) is 0 Å². The van der Waals surface area contributed by atoms with E-state index in [0.717, 1.165) is 24.5 Å². The molecule has 1 aliphatic rings. The Bertz CT molecular complexity index is 767. The molecule has 2 N–H and O–H groups in total. The molecule has 0 saturated carbocycles. The van der Waals surface area contributed by atoms with E-state index < -0.39 is 5.97 Å². The molecule has 126 valence electrons. The van der Waals surface area contributed by atoms with Gasteiger partial charge in [-0.1, -0.05) is 13.8 Å². The Morgan fingerprint density at radius 2 is 2.12 bits per heavy atom. The number of aromatic carboxylic acids is 1. The Kier molecular flexibility index (Phi) is 4.28. The minimum absolute atomic E-state index is 0.0161. The highest BCUT2D eigenvalue weighted by Gasteiger charge is 2.25. The van der Waals surface area contributed by atoms with Gasteiger partial charge in [-0.3, -0.25) is 4.79 Å². The molecular formula is C16H19N5O3. The average molecular weight is 329 g/mol. The van der Waals surface area contributed by atoms with Crippen molar-refractivity contribution in [2.24, 2.45) is 0 Å². The zero-order valence-electron chi connectivity index (χ0n) is 13.6. The fourth-order valence-corrected chi connectivity index (χ4v) is 2.82. The third-order valence-electron chi connectivity index (χ3n) is 4.07. The molecule has 0 spiro atoms. The largest absolute Gasteiger partial charge is 0.477 e. The zero-order chi connectivity index (χ0) is 17.3. The van der Waals surface area contributed by atoms with Gasteiger partial charge in [-0.25, -0.2) is 9.78 Å². The fourth-order valence-electron chi connectivity index (χ4n) is 2.82. The van der Waals surface area contributed by atoms with Crippen LogP contribution >= 0.6 is 0 Å². The van der Waals surface area contributed by atoms with Crippen molar-refractivity contribution >= 4 is 11.9 Å². The summed E-state index contributed by atoms with van der Waals surface area (Å²) in [5.74, 6) is 0.782. The Labute approximate surface area is 138 Å². The summed E-state index contributed by atoms with van der Waals surface area (Å²) in [6.45, 7) is 4.77. The highest BCUT2D eigenvalue weighted by atomic mass is 16.4. The van der Waals surface area contributed by atoms with Crippen LogP contribution in [0.15, 0.2) is 18.3 Å². The van der Waals surface area contributed by atoms with Gasteiger partial charge in [0.25, 0.3) is 5.91 Å². The minimum Gasteiger partial charge on any atom is -0.477 e. The van der Waals surface area contributed by atoms with Gasteiger partial charge in [-0.2, -0.15) is 0 Å². The molecule has 1 aliphatic heterocycles. The van der Waals surface area contributed by atoms with E-state index in [-0.39, 0.29) is 23.6 Å². The number of aromatic nitrogens is 4. The Hall–Kier alpha value is -2.77. The predicted octanol–water partition coefficient (Wildman–Crippen LogP) is 1.24. The van der Waals surface area contributed by atoms with Gasteiger partial charge in [-0.05, 0) is 18.6 Å². The van der Waals surface area contributed by atoms with E-state index in [2.05, 4.69) is 38.9 Å². The number of fused-ring (bicyclic) bond motifs is 1. The average Bonchev–Trinajstić information content (AvgIpc) is 2.98. The number of carbonyl (C=O) groups excluding carboxylic acids is 1. The van der Waals surface area contributed by atoms with Crippen LogP contribution in [0.25, 0.3) is 0 Å². The number of rotatable bonds is 4. The number of hydrogen-bond donors (Lipinski definition) is 2. The van der Waals surface area contributed by atoms with Crippen molar-refractivity contribution in [1.82, 2.24) is 25.1 Å². The molecule has 3 rings (SSSR count). The maximum absolute atomic E-state index is 12.3. The van der Waals surface area contributed by atoms with E-state index in [1.165, 1.54) is 18.3 Å². The summed E-state index contributed by atoms with van der Waals surface area (Å²) in [6.07, 6.45) is 2.84. The lowest BCUT2D eigenvalue weighted by Crippen LogP contribution is -2.41. The maximum Gasteiger partial charge on any atom is 0.354 e. The number of hydrogen-bond acceptors (Lipinski definition) is 5. The summed E-state index contributed by atoms with van der Waals surface area (Å²) in [5.41, 5.74) is 0.263. The van der Waals surface area contributed by atoms with Crippen LogP contribution in [-0.4, -0.2) is 42.8 Å². The summed E-state index contributed by atoms with van der Waals surface area (Å²) in [7, 11) is 0. The highest BCUT2D eigenvalue weighted by Crippen LogP contribution is 2.20. The number of nitrogens with zero attached hydrogens (tertiary/aromatic N) is 4. The summed E-state index contributed by atoms with van der Waals surface area (Å²) in [4.78, 5) is 26.9. The lowest BCUT2D eigenvalue weighted by molar-refractivity contribution is 0.0689. The van der Waals surface area contributed by atoms with Gasteiger partial charge in [0, 0.05) is 31.1 Å². The molecule has 2 aromatic heterocycles. The van der Waals surface area contributed by atoms with E-state index in [4.69, 9.17) is 5.11 Å². The second-order valence-corrected chi connectivity index (χ2v) is 6.19. The summed E-state index contributed by atoms with van der Waals surface area (Å²) < 4.78 is 2.07. The van der Waals surface area contributed by atoms with Gasteiger partial charge in [0.15, 0.2) is 0 Å². The molecule has 1 unspecified atom stereocenters. The van der Waals surface area contributed by atoms with E-state index in [0.29, 0.717) is 12.1 Å². The standard InChI is InChI=1S/C16H19N5O3/c1-9(2)14-20-19-13-6-4-11(8-21(13)14)18-15(22)10-3-5-12(16(23)24)17-7-10/h3,5,7,9,11H,4,6,8H2,1-2H3,(H,18,22)(H,23,24). The minimum atomic E-state index is -1.12. The van der Waals surface area contributed by atoms with Crippen molar-refractivity contribution in [3.63, 3.8) is 0 Å². The number of nitrogens with one attached hydrogen (secondary N) is 1. The van der Waals surface area contributed by atoms with Gasteiger partial charge < -0.3 is 15.0 Å². The number of carboxylic acid groups (broad SMARTS) is 1. The number of pyridine rings is 1. The first-order chi connectivity index (χ1) is 11.5. The quantitative estimate of drug-likeness (QED) is 0.873. The van der Waals surface area contributed by atoms with Gasteiger partial charge >= 0.3 is 5.97 Å². The van der Waals surface area contributed by atoms with Crippen molar-refractivity contribution < 1.29 is 14.7 Å².